The second-order valence-electron chi connectivity index (χ2n) is 5.11. The van der Waals surface area contributed by atoms with E-state index in [1.54, 1.807) is 0 Å². The average Bonchev–Trinajstić information content (AvgIpc) is 2.58. The van der Waals surface area contributed by atoms with Gasteiger partial charge in [-0.2, -0.15) is 0 Å². The molecular formula is C15H27N5. The van der Waals surface area contributed by atoms with Crippen LogP contribution in [0.1, 0.15) is 5.56 Å². The van der Waals surface area contributed by atoms with Crippen LogP contribution in [0.4, 0.5) is 5.69 Å². The monoisotopic (exact) mass is 277 g/mol. The third-order valence-corrected chi connectivity index (χ3v) is 3.59. The maximum atomic E-state index is 5.62. The Morgan fingerprint density at radius 1 is 0.900 bits per heavy atom. The summed E-state index contributed by atoms with van der Waals surface area (Å²) >= 11 is 0. The lowest BCUT2D eigenvalue weighted by Gasteiger charge is -2.29. The summed E-state index contributed by atoms with van der Waals surface area (Å²) in [6.07, 6.45) is 0. The van der Waals surface area contributed by atoms with E-state index in [1.165, 1.54) is 11.3 Å². The molecule has 2 aliphatic rings. The van der Waals surface area contributed by atoms with Gasteiger partial charge in [-0.15, -0.1) is 0 Å². The lowest BCUT2D eigenvalue weighted by atomic mass is 10.2. The van der Waals surface area contributed by atoms with E-state index in [0.717, 1.165) is 52.4 Å². The smallest absolute Gasteiger partial charge is 0.0370 e. The molecule has 0 amide bonds. The van der Waals surface area contributed by atoms with E-state index in [4.69, 9.17) is 5.73 Å². The third-order valence-electron chi connectivity index (χ3n) is 3.59. The van der Waals surface area contributed by atoms with Crippen molar-refractivity contribution in [2.24, 2.45) is 5.73 Å². The van der Waals surface area contributed by atoms with Crippen LogP contribution in [0.15, 0.2) is 24.3 Å². The number of nitrogens with zero attached hydrogens (tertiary/aromatic N) is 1. The molecule has 1 aromatic rings. The van der Waals surface area contributed by atoms with Gasteiger partial charge in [0.1, 0.15) is 0 Å². The minimum absolute atomic E-state index is 0.625. The lowest BCUT2D eigenvalue weighted by Crippen LogP contribution is -2.43. The van der Waals surface area contributed by atoms with Crippen LogP contribution in [0.3, 0.4) is 0 Å². The Kier molecular flexibility index (Phi) is 6.80. The molecule has 2 saturated heterocycles. The maximum absolute atomic E-state index is 5.62. The molecule has 0 atom stereocenters. The molecule has 2 aliphatic heterocycles. The van der Waals surface area contributed by atoms with E-state index in [2.05, 4.69) is 45.1 Å². The van der Waals surface area contributed by atoms with Gasteiger partial charge < -0.3 is 26.6 Å². The largest absolute Gasteiger partial charge is 0.369 e. The standard InChI is InChI=1S/C11H17N3.C4H10N2/c12-9-10-2-1-3-11(8-10)14-6-4-13-5-7-14;1-2-6-4-3-5-1/h1-3,8,13H,4-7,9,12H2;5-6H,1-4H2. The summed E-state index contributed by atoms with van der Waals surface area (Å²) in [5.74, 6) is 0. The average molecular weight is 277 g/mol. The summed E-state index contributed by atoms with van der Waals surface area (Å²) in [7, 11) is 0. The number of anilines is 1. The SMILES string of the molecule is C1CNCCN1.NCc1cccc(N2CCNCC2)c1. The van der Waals surface area contributed by atoms with Crippen molar-refractivity contribution >= 4 is 5.69 Å². The van der Waals surface area contributed by atoms with Crippen LogP contribution >= 0.6 is 0 Å². The Labute approximate surface area is 121 Å². The van der Waals surface area contributed by atoms with Gasteiger partial charge in [-0.05, 0) is 17.7 Å². The molecule has 5 nitrogen and oxygen atoms in total. The van der Waals surface area contributed by atoms with Gasteiger partial charge in [0.15, 0.2) is 0 Å². The van der Waals surface area contributed by atoms with Crippen molar-refractivity contribution in [2.45, 2.75) is 6.54 Å². The Hall–Kier alpha value is -1.14. The maximum Gasteiger partial charge on any atom is 0.0370 e. The molecule has 0 radical (unpaired) electrons. The molecule has 0 aliphatic carbocycles. The molecule has 2 fully saturated rings. The van der Waals surface area contributed by atoms with Gasteiger partial charge in [0.25, 0.3) is 0 Å². The second-order valence-corrected chi connectivity index (χ2v) is 5.11. The first kappa shape index (κ1) is 15.3. The molecule has 112 valence electrons. The second kappa shape index (κ2) is 8.92. The third kappa shape index (κ3) is 5.09. The van der Waals surface area contributed by atoms with Crippen molar-refractivity contribution in [3.63, 3.8) is 0 Å². The summed E-state index contributed by atoms with van der Waals surface area (Å²) in [5, 5.41) is 9.79. The Balaban J connectivity index is 0.000000205. The topological polar surface area (TPSA) is 65.3 Å². The van der Waals surface area contributed by atoms with E-state index in [9.17, 15) is 0 Å². The normalized spacial score (nSPS) is 19.1. The highest BCUT2D eigenvalue weighted by atomic mass is 15.2. The number of piperazine rings is 2. The van der Waals surface area contributed by atoms with Crippen molar-refractivity contribution < 1.29 is 0 Å². The minimum atomic E-state index is 0.625. The number of hydrogen-bond donors (Lipinski definition) is 4. The van der Waals surface area contributed by atoms with E-state index in [-0.39, 0.29) is 0 Å². The summed E-state index contributed by atoms with van der Waals surface area (Å²) in [6, 6.07) is 8.50. The fourth-order valence-corrected chi connectivity index (χ4v) is 2.41. The number of hydrogen-bond acceptors (Lipinski definition) is 5. The number of nitrogens with one attached hydrogen (secondary N) is 3. The first-order chi connectivity index (χ1) is 9.90. The minimum Gasteiger partial charge on any atom is -0.369 e. The quantitative estimate of drug-likeness (QED) is 0.600. The molecule has 3 rings (SSSR count). The summed E-state index contributed by atoms with van der Waals surface area (Å²) in [6.45, 7) is 9.52. The van der Waals surface area contributed by atoms with E-state index in [1.807, 2.05) is 0 Å². The lowest BCUT2D eigenvalue weighted by molar-refractivity contribution is 0.534. The van der Waals surface area contributed by atoms with Gasteiger partial charge in [0, 0.05) is 64.6 Å². The van der Waals surface area contributed by atoms with Crippen LogP contribution in [0.2, 0.25) is 0 Å². The first-order valence-corrected chi connectivity index (χ1v) is 7.56. The number of nitrogens with two attached hydrogens (primary N) is 1. The molecule has 0 saturated carbocycles. The van der Waals surface area contributed by atoms with Crippen LogP contribution < -0.4 is 26.6 Å². The van der Waals surface area contributed by atoms with Crippen LogP contribution in [-0.2, 0) is 6.54 Å². The molecule has 0 bridgehead atoms. The summed E-state index contributed by atoms with van der Waals surface area (Å²) in [4.78, 5) is 2.40. The Morgan fingerprint density at radius 2 is 1.50 bits per heavy atom. The van der Waals surface area contributed by atoms with Gasteiger partial charge in [-0.1, -0.05) is 12.1 Å². The highest BCUT2D eigenvalue weighted by Gasteiger charge is 2.09. The number of rotatable bonds is 2. The fourth-order valence-electron chi connectivity index (χ4n) is 2.41. The molecular weight excluding hydrogens is 250 g/mol. The summed E-state index contributed by atoms with van der Waals surface area (Å²) < 4.78 is 0. The highest BCUT2D eigenvalue weighted by molar-refractivity contribution is 5.49. The molecule has 20 heavy (non-hydrogen) atoms. The Bertz CT molecular complexity index is 361. The van der Waals surface area contributed by atoms with Crippen molar-refractivity contribution in [1.29, 1.82) is 0 Å². The van der Waals surface area contributed by atoms with Crippen molar-refractivity contribution in [2.75, 3.05) is 57.3 Å². The van der Waals surface area contributed by atoms with Crippen molar-refractivity contribution in [3.05, 3.63) is 29.8 Å². The van der Waals surface area contributed by atoms with Crippen LogP contribution in [0.25, 0.3) is 0 Å². The van der Waals surface area contributed by atoms with Crippen molar-refractivity contribution in [1.82, 2.24) is 16.0 Å². The predicted octanol–water partition coefficient (Wildman–Crippen LogP) is -0.266. The highest BCUT2D eigenvalue weighted by Crippen LogP contribution is 2.16. The zero-order valence-corrected chi connectivity index (χ0v) is 12.2. The molecule has 0 spiro atoms. The zero-order chi connectivity index (χ0) is 14.0. The van der Waals surface area contributed by atoms with Gasteiger partial charge in [-0.25, -0.2) is 0 Å². The zero-order valence-electron chi connectivity index (χ0n) is 12.2. The molecule has 0 unspecified atom stereocenters. The summed E-state index contributed by atoms with van der Waals surface area (Å²) in [5.41, 5.74) is 8.13. The number of benzene rings is 1. The van der Waals surface area contributed by atoms with Gasteiger partial charge in [0.2, 0.25) is 0 Å². The van der Waals surface area contributed by atoms with Gasteiger partial charge >= 0.3 is 0 Å². The first-order valence-electron chi connectivity index (χ1n) is 7.56. The van der Waals surface area contributed by atoms with Crippen molar-refractivity contribution in [3.8, 4) is 0 Å². The molecule has 2 heterocycles. The van der Waals surface area contributed by atoms with Crippen LogP contribution in [-0.4, -0.2) is 52.4 Å². The van der Waals surface area contributed by atoms with E-state index >= 15 is 0 Å². The van der Waals surface area contributed by atoms with E-state index in [0.29, 0.717) is 6.54 Å². The van der Waals surface area contributed by atoms with E-state index < -0.39 is 0 Å². The van der Waals surface area contributed by atoms with Gasteiger partial charge in [-0.3, -0.25) is 0 Å². The Morgan fingerprint density at radius 3 is 2.05 bits per heavy atom. The molecule has 1 aromatic carbocycles. The van der Waals surface area contributed by atoms with Gasteiger partial charge in [0.05, 0.1) is 0 Å². The molecule has 0 aromatic heterocycles. The van der Waals surface area contributed by atoms with Crippen LogP contribution in [0.5, 0.6) is 0 Å². The van der Waals surface area contributed by atoms with Crippen LogP contribution in [0, 0.1) is 0 Å². The molecule has 5 N–H and O–H groups in total. The molecule has 5 heteroatoms. The fraction of sp³-hybridized carbons (Fsp3) is 0.600. The predicted molar refractivity (Wildman–Crippen MR) is 85.2 cm³/mol.